The topological polar surface area (TPSA) is 76.9 Å². The molecule has 1 aromatic heterocycles. The number of carbonyl (C=O) groups is 2. The third kappa shape index (κ3) is 6.51. The highest BCUT2D eigenvalue weighted by atomic mass is 35.5. The first-order chi connectivity index (χ1) is 17.6. The van der Waals surface area contributed by atoms with Crippen LogP contribution in [-0.2, 0) is 12.7 Å². The van der Waals surface area contributed by atoms with E-state index in [4.69, 9.17) is 23.2 Å². The largest absolute Gasteiger partial charge is 0.416 e. The third-order valence-electron chi connectivity index (χ3n) is 5.14. The summed E-state index contributed by atoms with van der Waals surface area (Å²) in [7, 11) is 0. The van der Waals surface area contributed by atoms with Gasteiger partial charge in [-0.1, -0.05) is 71.4 Å². The zero-order valence-corrected chi connectivity index (χ0v) is 21.1. The van der Waals surface area contributed by atoms with Gasteiger partial charge in [-0.05, 0) is 36.4 Å². The molecule has 0 radical (unpaired) electrons. The van der Waals surface area contributed by atoms with E-state index in [1.54, 1.807) is 30.3 Å². The van der Waals surface area contributed by atoms with E-state index in [1.807, 2.05) is 0 Å². The zero-order valence-electron chi connectivity index (χ0n) is 18.8. The van der Waals surface area contributed by atoms with E-state index in [9.17, 15) is 22.8 Å². The van der Waals surface area contributed by atoms with Gasteiger partial charge in [0.1, 0.15) is 0 Å². The van der Waals surface area contributed by atoms with Gasteiger partial charge in [0, 0.05) is 10.6 Å². The second-order valence-electron chi connectivity index (χ2n) is 7.67. The second-order valence-corrected chi connectivity index (χ2v) is 9.45. The maximum absolute atomic E-state index is 13.4. The average Bonchev–Trinajstić information content (AvgIpc) is 3.30. The molecule has 4 rings (SSSR count). The maximum atomic E-state index is 13.4. The second kappa shape index (κ2) is 11.4. The summed E-state index contributed by atoms with van der Waals surface area (Å²) in [5, 5.41) is 11.5. The normalized spacial score (nSPS) is 11.4. The Morgan fingerprint density at radius 2 is 1.70 bits per heavy atom. The lowest BCUT2D eigenvalue weighted by molar-refractivity contribution is -0.137. The lowest BCUT2D eigenvalue weighted by Crippen LogP contribution is -2.25. The number of nitrogens with one attached hydrogen (secondary N) is 1. The number of hydrogen-bond donors (Lipinski definition) is 1. The van der Waals surface area contributed by atoms with Crippen molar-refractivity contribution in [1.82, 2.24) is 20.1 Å². The predicted molar refractivity (Wildman–Crippen MR) is 135 cm³/mol. The van der Waals surface area contributed by atoms with Crippen molar-refractivity contribution >= 4 is 46.7 Å². The van der Waals surface area contributed by atoms with Gasteiger partial charge in [0.25, 0.3) is 5.91 Å². The minimum absolute atomic E-state index is 0.0222. The van der Waals surface area contributed by atoms with Gasteiger partial charge in [-0.25, -0.2) is 0 Å². The molecular weight excluding hydrogens is 548 g/mol. The summed E-state index contributed by atoms with van der Waals surface area (Å²) >= 11 is 13.1. The van der Waals surface area contributed by atoms with Gasteiger partial charge in [0.05, 0.1) is 34.1 Å². The Balaban J connectivity index is 1.63. The molecule has 0 spiro atoms. The standard InChI is InChI=1S/C25H17Cl2F3N4O2S/c26-17-9-10-20(27)19(12-17)23(36)31-13-22-32-33-24(37-14-21(35)15-5-2-1-3-6-15)34(22)18-8-4-7-16(11-18)25(28,29)30/h1-12H,13-14H2,(H,31,36). The summed E-state index contributed by atoms with van der Waals surface area (Å²) in [5.74, 6) is -0.610. The van der Waals surface area contributed by atoms with Crippen LogP contribution in [-0.4, -0.2) is 32.2 Å². The molecule has 6 nitrogen and oxygen atoms in total. The molecule has 37 heavy (non-hydrogen) atoms. The van der Waals surface area contributed by atoms with Crippen molar-refractivity contribution in [2.45, 2.75) is 17.9 Å². The molecule has 0 saturated heterocycles. The first-order valence-electron chi connectivity index (χ1n) is 10.7. The molecule has 190 valence electrons. The first-order valence-corrected chi connectivity index (χ1v) is 12.4. The number of Topliss-reactive ketones (excluding diaryl/α,β-unsaturated/α-hetero) is 1. The Bertz CT molecular complexity index is 1450. The van der Waals surface area contributed by atoms with Crippen molar-refractivity contribution in [1.29, 1.82) is 0 Å². The summed E-state index contributed by atoms with van der Waals surface area (Å²) in [6, 6.07) is 17.6. The van der Waals surface area contributed by atoms with Crippen LogP contribution in [0.5, 0.6) is 0 Å². The molecule has 0 aliphatic heterocycles. The lowest BCUT2D eigenvalue weighted by atomic mass is 10.2. The van der Waals surface area contributed by atoms with Crippen LogP contribution < -0.4 is 5.32 Å². The molecule has 0 aliphatic carbocycles. The van der Waals surface area contributed by atoms with Crippen LogP contribution in [0.1, 0.15) is 32.1 Å². The van der Waals surface area contributed by atoms with Crippen molar-refractivity contribution in [3.63, 3.8) is 0 Å². The van der Waals surface area contributed by atoms with Crippen LogP contribution in [0, 0.1) is 0 Å². The van der Waals surface area contributed by atoms with Crippen molar-refractivity contribution in [2.75, 3.05) is 5.75 Å². The van der Waals surface area contributed by atoms with E-state index in [0.717, 1.165) is 23.9 Å². The molecule has 0 aliphatic rings. The van der Waals surface area contributed by atoms with Crippen LogP contribution in [0.25, 0.3) is 5.69 Å². The van der Waals surface area contributed by atoms with E-state index in [-0.39, 0.29) is 45.3 Å². The first kappa shape index (κ1) is 26.7. The molecule has 0 unspecified atom stereocenters. The zero-order chi connectivity index (χ0) is 26.6. The van der Waals surface area contributed by atoms with Crippen molar-refractivity contribution in [3.8, 4) is 5.69 Å². The van der Waals surface area contributed by atoms with E-state index in [0.29, 0.717) is 10.6 Å². The fraction of sp³-hybridized carbons (Fsp3) is 0.120. The number of benzene rings is 3. The van der Waals surface area contributed by atoms with E-state index >= 15 is 0 Å². The van der Waals surface area contributed by atoms with Crippen LogP contribution in [0.15, 0.2) is 78.0 Å². The Labute approximate surface area is 223 Å². The molecule has 0 bridgehead atoms. The molecule has 1 amide bonds. The Kier molecular flexibility index (Phi) is 8.21. The third-order valence-corrected chi connectivity index (χ3v) is 6.63. The Morgan fingerprint density at radius 1 is 0.946 bits per heavy atom. The number of aromatic nitrogens is 3. The fourth-order valence-corrected chi connectivity index (χ4v) is 4.59. The Hall–Kier alpha value is -3.34. The number of ketones is 1. The minimum atomic E-state index is -4.57. The summed E-state index contributed by atoms with van der Waals surface area (Å²) in [6.07, 6.45) is -4.57. The minimum Gasteiger partial charge on any atom is -0.345 e. The summed E-state index contributed by atoms with van der Waals surface area (Å²) in [6.45, 7) is -0.182. The van der Waals surface area contributed by atoms with Gasteiger partial charge in [-0.3, -0.25) is 14.2 Å². The molecule has 4 aromatic rings. The fourth-order valence-electron chi connectivity index (χ4n) is 3.35. The molecule has 3 aromatic carbocycles. The monoisotopic (exact) mass is 564 g/mol. The van der Waals surface area contributed by atoms with Gasteiger partial charge in [-0.15, -0.1) is 10.2 Å². The molecule has 1 heterocycles. The number of thioether (sulfide) groups is 1. The molecule has 1 N–H and O–H groups in total. The van der Waals surface area contributed by atoms with Gasteiger partial charge < -0.3 is 5.32 Å². The lowest BCUT2D eigenvalue weighted by Gasteiger charge is -2.13. The van der Waals surface area contributed by atoms with Gasteiger partial charge in [-0.2, -0.15) is 13.2 Å². The number of nitrogens with zero attached hydrogens (tertiary/aromatic N) is 3. The SMILES string of the molecule is O=C(CSc1nnc(CNC(=O)c2cc(Cl)ccc2Cl)n1-c1cccc(C(F)(F)F)c1)c1ccccc1. The molecule has 0 atom stereocenters. The van der Waals surface area contributed by atoms with Crippen LogP contribution >= 0.6 is 35.0 Å². The number of rotatable bonds is 8. The quantitative estimate of drug-likeness (QED) is 0.195. The highest BCUT2D eigenvalue weighted by molar-refractivity contribution is 7.99. The Morgan fingerprint density at radius 3 is 2.43 bits per heavy atom. The molecule has 12 heteroatoms. The van der Waals surface area contributed by atoms with E-state index in [1.165, 1.54) is 34.9 Å². The smallest absolute Gasteiger partial charge is 0.345 e. The van der Waals surface area contributed by atoms with Gasteiger partial charge >= 0.3 is 6.18 Å². The van der Waals surface area contributed by atoms with E-state index < -0.39 is 17.6 Å². The van der Waals surface area contributed by atoms with Crippen molar-refractivity contribution < 1.29 is 22.8 Å². The molecule has 0 fully saturated rings. The number of alkyl halides is 3. The van der Waals surface area contributed by atoms with E-state index in [2.05, 4.69) is 15.5 Å². The molecular formula is C25H17Cl2F3N4O2S. The number of hydrogen-bond acceptors (Lipinski definition) is 5. The predicted octanol–water partition coefficient (Wildman–Crippen LogP) is 6.50. The maximum Gasteiger partial charge on any atom is 0.416 e. The van der Waals surface area contributed by atoms with Crippen LogP contribution in [0.4, 0.5) is 13.2 Å². The van der Waals surface area contributed by atoms with Crippen molar-refractivity contribution in [3.05, 3.63) is 105 Å². The van der Waals surface area contributed by atoms with Gasteiger partial charge in [0.2, 0.25) is 0 Å². The van der Waals surface area contributed by atoms with Crippen LogP contribution in [0.2, 0.25) is 10.0 Å². The highest BCUT2D eigenvalue weighted by Gasteiger charge is 2.31. The highest BCUT2D eigenvalue weighted by Crippen LogP contribution is 2.32. The number of halogens is 5. The van der Waals surface area contributed by atoms with Crippen molar-refractivity contribution in [2.24, 2.45) is 0 Å². The van der Waals surface area contributed by atoms with Gasteiger partial charge in [0.15, 0.2) is 16.8 Å². The summed E-state index contributed by atoms with van der Waals surface area (Å²) in [4.78, 5) is 25.3. The summed E-state index contributed by atoms with van der Waals surface area (Å²) < 4.78 is 41.6. The average molecular weight is 565 g/mol. The van der Waals surface area contributed by atoms with Crippen LogP contribution in [0.3, 0.4) is 0 Å². The summed E-state index contributed by atoms with van der Waals surface area (Å²) in [5.41, 5.74) is -0.122. The molecule has 0 saturated carbocycles. The number of carbonyl (C=O) groups excluding carboxylic acids is 2. The number of amides is 1.